The van der Waals surface area contributed by atoms with Gasteiger partial charge in [0.2, 0.25) is 0 Å². The molecule has 2 atom stereocenters. The number of nitrogens with one attached hydrogen (secondary N) is 3. The molecule has 0 aromatic heterocycles. The maximum Gasteiger partial charge on any atom is 0.337 e. The normalized spacial score (nSPS) is 15.3. The number of aliphatic hydroxyl groups excluding tert-OH is 1. The van der Waals surface area contributed by atoms with Gasteiger partial charge in [-0.05, 0) is 56.2 Å². The Hall–Kier alpha value is -4.60. The molecule has 0 spiro atoms. The van der Waals surface area contributed by atoms with E-state index in [1.54, 1.807) is 44.2 Å². The van der Waals surface area contributed by atoms with Gasteiger partial charge >= 0.3 is 12.0 Å². The van der Waals surface area contributed by atoms with Crippen LogP contribution in [0.4, 0.5) is 4.79 Å². The molecule has 3 rings (SSSR count). The van der Waals surface area contributed by atoms with Gasteiger partial charge in [-0.2, -0.15) is 5.10 Å². The Bertz CT molecular complexity index is 1390. The Labute approximate surface area is 248 Å². The second-order valence-corrected chi connectivity index (χ2v) is 9.08. The number of hydrogen-bond acceptors (Lipinski definition) is 10. The monoisotopic (exact) mass is 600 g/mol. The maximum atomic E-state index is 12.4. The quantitative estimate of drug-likeness (QED) is 0.0842. The number of nitrogens with zero attached hydrogens (tertiary/aromatic N) is 1. The van der Waals surface area contributed by atoms with Crippen LogP contribution in [0.5, 0.6) is 23.0 Å². The summed E-state index contributed by atoms with van der Waals surface area (Å²) in [5.41, 5.74) is 4.38. The number of ether oxygens (including phenoxy) is 5. The van der Waals surface area contributed by atoms with Crippen molar-refractivity contribution in [2.24, 2.45) is 5.10 Å². The molecule has 2 aromatic rings. The van der Waals surface area contributed by atoms with Crippen LogP contribution in [0.2, 0.25) is 5.02 Å². The number of allylic oxidation sites excluding steroid dienone is 1. The molecule has 1 heterocycles. The van der Waals surface area contributed by atoms with Crippen LogP contribution in [0.1, 0.15) is 37.9 Å². The number of terminal acetylenes is 1. The zero-order valence-electron chi connectivity index (χ0n) is 23.7. The largest absolute Gasteiger partial charge is 0.490 e. The maximum absolute atomic E-state index is 12.4. The number of carbonyl (C=O) groups excluding carboxylic acids is 2. The van der Waals surface area contributed by atoms with E-state index in [1.807, 2.05) is 6.92 Å². The van der Waals surface area contributed by atoms with E-state index in [0.717, 1.165) is 0 Å². The Balaban J connectivity index is 1.69. The number of urea groups is 1. The summed E-state index contributed by atoms with van der Waals surface area (Å²) in [4.78, 5) is 24.5. The minimum Gasteiger partial charge on any atom is -0.490 e. The van der Waals surface area contributed by atoms with Crippen LogP contribution in [-0.4, -0.2) is 63.1 Å². The van der Waals surface area contributed by atoms with Gasteiger partial charge in [-0.25, -0.2) is 9.59 Å². The molecule has 1 aliphatic heterocycles. The Morgan fingerprint density at radius 2 is 1.90 bits per heavy atom. The standard InChI is InChI=1S/C29H33ClN4O8/c1-6-11-41-27-20(30)12-18(13-23(27)40-8-3)15-31-34-24(35)16-42-21-10-9-19(14-22(21)39-7-2)26-25(28(36)38-5)17(4)32-29(37)33-26/h1,9-10,12-15,24,26,34-35H,7-8,11,16H2,2-5H3,(H2,32,33,37)/b31-15-/t24-,26-/m0/s1. The van der Waals surface area contributed by atoms with E-state index < -0.39 is 24.3 Å². The molecule has 2 aromatic carbocycles. The van der Waals surface area contributed by atoms with Crippen molar-refractivity contribution in [2.45, 2.75) is 33.0 Å². The van der Waals surface area contributed by atoms with Gasteiger partial charge in [0.25, 0.3) is 0 Å². The molecule has 0 bridgehead atoms. The number of hydrazone groups is 1. The molecule has 1 aliphatic rings. The highest BCUT2D eigenvalue weighted by Crippen LogP contribution is 2.37. The first-order valence-electron chi connectivity index (χ1n) is 13.0. The third kappa shape index (κ3) is 8.22. The van der Waals surface area contributed by atoms with E-state index in [9.17, 15) is 14.7 Å². The van der Waals surface area contributed by atoms with Gasteiger partial charge in [-0.1, -0.05) is 23.6 Å². The van der Waals surface area contributed by atoms with Crippen molar-refractivity contribution in [3.8, 4) is 35.3 Å². The fraction of sp³-hybridized carbons (Fsp3) is 0.345. The highest BCUT2D eigenvalue weighted by molar-refractivity contribution is 6.32. The van der Waals surface area contributed by atoms with Crippen LogP contribution in [0.25, 0.3) is 0 Å². The van der Waals surface area contributed by atoms with Crippen molar-refractivity contribution >= 4 is 29.8 Å². The lowest BCUT2D eigenvalue weighted by Gasteiger charge is -2.28. The molecule has 4 N–H and O–H groups in total. The molecular formula is C29H33ClN4O8. The van der Waals surface area contributed by atoms with Crippen molar-refractivity contribution in [3.05, 3.63) is 57.8 Å². The lowest BCUT2D eigenvalue weighted by Crippen LogP contribution is -2.45. The summed E-state index contributed by atoms with van der Waals surface area (Å²) in [6.45, 7) is 5.80. The van der Waals surface area contributed by atoms with Crippen LogP contribution in [0.15, 0.2) is 46.7 Å². The number of benzene rings is 2. The molecule has 0 radical (unpaired) electrons. The Kier molecular flexibility index (Phi) is 11.7. The number of halogens is 1. The summed E-state index contributed by atoms with van der Waals surface area (Å²) in [6.07, 6.45) is 5.53. The molecule has 13 heteroatoms. The zero-order chi connectivity index (χ0) is 30.6. The fourth-order valence-corrected chi connectivity index (χ4v) is 4.27. The number of esters is 1. The first-order valence-corrected chi connectivity index (χ1v) is 13.3. The molecule has 0 saturated carbocycles. The average Bonchev–Trinajstić information content (AvgIpc) is 2.95. The van der Waals surface area contributed by atoms with E-state index in [4.69, 9.17) is 41.7 Å². The van der Waals surface area contributed by atoms with Crippen molar-refractivity contribution in [1.82, 2.24) is 16.1 Å². The molecule has 12 nitrogen and oxygen atoms in total. The van der Waals surface area contributed by atoms with Gasteiger partial charge < -0.3 is 39.4 Å². The molecule has 2 amide bonds. The number of aliphatic hydroxyl groups is 1. The molecule has 42 heavy (non-hydrogen) atoms. The second kappa shape index (κ2) is 15.4. The van der Waals surface area contributed by atoms with Crippen molar-refractivity contribution in [2.75, 3.05) is 33.5 Å². The molecule has 0 fully saturated rings. The van der Waals surface area contributed by atoms with Crippen LogP contribution < -0.4 is 35.0 Å². The van der Waals surface area contributed by atoms with Crippen molar-refractivity contribution < 1.29 is 38.4 Å². The van der Waals surface area contributed by atoms with Gasteiger partial charge in [0.05, 0.1) is 43.2 Å². The van der Waals surface area contributed by atoms with E-state index in [0.29, 0.717) is 58.1 Å². The van der Waals surface area contributed by atoms with Gasteiger partial charge in [0, 0.05) is 5.70 Å². The van der Waals surface area contributed by atoms with Crippen LogP contribution in [0, 0.1) is 12.3 Å². The highest BCUT2D eigenvalue weighted by atomic mass is 35.5. The average molecular weight is 601 g/mol. The summed E-state index contributed by atoms with van der Waals surface area (Å²) in [6, 6.07) is 7.03. The topological polar surface area (TPSA) is 149 Å². The summed E-state index contributed by atoms with van der Waals surface area (Å²) >= 11 is 6.33. The molecule has 0 unspecified atom stereocenters. The fourth-order valence-electron chi connectivity index (χ4n) is 4.00. The molecule has 224 valence electrons. The summed E-state index contributed by atoms with van der Waals surface area (Å²) in [5, 5.41) is 20.0. The van der Waals surface area contributed by atoms with Crippen molar-refractivity contribution in [3.63, 3.8) is 0 Å². The highest BCUT2D eigenvalue weighted by Gasteiger charge is 2.32. The number of methoxy groups -OCH3 is 1. The minimum absolute atomic E-state index is 0.0363. The third-order valence-electron chi connectivity index (χ3n) is 5.74. The number of rotatable bonds is 14. The lowest BCUT2D eigenvalue weighted by atomic mass is 9.95. The van der Waals surface area contributed by atoms with Crippen LogP contribution >= 0.6 is 11.6 Å². The second-order valence-electron chi connectivity index (χ2n) is 8.67. The van der Waals surface area contributed by atoms with Gasteiger partial charge in [-0.3, -0.25) is 5.43 Å². The summed E-state index contributed by atoms with van der Waals surface area (Å²) < 4.78 is 27.5. The van der Waals surface area contributed by atoms with E-state index in [2.05, 4.69) is 27.1 Å². The van der Waals surface area contributed by atoms with Crippen LogP contribution in [0.3, 0.4) is 0 Å². The lowest BCUT2D eigenvalue weighted by molar-refractivity contribution is -0.136. The number of carbonyl (C=O) groups is 2. The SMILES string of the molecule is C#CCOc1c(Cl)cc(/C=N\N[C@@H](O)COc2ccc([C@@H]3NC(=O)NC(C)=C3C(=O)OC)cc2OCC)cc1OCC. The molecular weight excluding hydrogens is 568 g/mol. The van der Waals surface area contributed by atoms with Gasteiger partial charge in [0.1, 0.15) is 13.2 Å². The number of amides is 2. The Morgan fingerprint density at radius 3 is 2.60 bits per heavy atom. The molecule has 0 saturated heterocycles. The van der Waals surface area contributed by atoms with E-state index in [1.165, 1.54) is 13.3 Å². The smallest absolute Gasteiger partial charge is 0.337 e. The predicted octanol–water partition coefficient (Wildman–Crippen LogP) is 3.27. The van der Waals surface area contributed by atoms with Crippen LogP contribution in [-0.2, 0) is 9.53 Å². The van der Waals surface area contributed by atoms with Gasteiger partial charge in [-0.15, -0.1) is 6.42 Å². The zero-order valence-corrected chi connectivity index (χ0v) is 24.4. The first-order chi connectivity index (χ1) is 20.2. The van der Waals surface area contributed by atoms with Crippen molar-refractivity contribution in [1.29, 1.82) is 0 Å². The molecule has 0 aliphatic carbocycles. The number of hydrogen-bond donors (Lipinski definition) is 4. The predicted molar refractivity (Wildman–Crippen MR) is 156 cm³/mol. The summed E-state index contributed by atoms with van der Waals surface area (Å²) in [7, 11) is 1.27. The third-order valence-corrected chi connectivity index (χ3v) is 6.02. The van der Waals surface area contributed by atoms with Gasteiger partial charge in [0.15, 0.2) is 29.2 Å². The minimum atomic E-state index is -1.18. The van der Waals surface area contributed by atoms with E-state index >= 15 is 0 Å². The first kappa shape index (κ1) is 31.9. The van der Waals surface area contributed by atoms with E-state index in [-0.39, 0.29) is 18.8 Å². The Morgan fingerprint density at radius 1 is 1.17 bits per heavy atom. The summed E-state index contributed by atoms with van der Waals surface area (Å²) in [5.74, 6) is 3.23.